The Morgan fingerprint density at radius 2 is 2.00 bits per heavy atom. The number of halogens is 1. The Hall–Kier alpha value is -1.43. The number of carbonyl (C=O) groups excluding carboxylic acids is 1. The van der Waals surface area contributed by atoms with Crippen molar-refractivity contribution >= 4 is 16.1 Å². The van der Waals surface area contributed by atoms with Gasteiger partial charge < -0.3 is 4.90 Å². The Labute approximate surface area is 118 Å². The Kier molecular flexibility index (Phi) is 4.42. The van der Waals surface area contributed by atoms with Crippen molar-refractivity contribution in [2.45, 2.75) is 37.5 Å². The molecule has 1 heterocycles. The first-order valence-corrected chi connectivity index (χ1v) is 8.09. The summed E-state index contributed by atoms with van der Waals surface area (Å²) in [5, 5.41) is -1.20. The van der Waals surface area contributed by atoms with E-state index in [1.165, 1.54) is 10.5 Å². The second-order valence-corrected chi connectivity index (χ2v) is 6.84. The molecule has 0 spiro atoms. The highest BCUT2D eigenvalue weighted by molar-refractivity contribution is 7.87. The molecular weight excluding hydrogens is 281 g/mol. The Bertz CT molecular complexity index is 573. The van der Waals surface area contributed by atoms with Gasteiger partial charge in [-0.05, 0) is 25.3 Å². The number of carbonyl (C=O) groups is 1. The maximum Gasteiger partial charge on any atom is 0.307 e. The van der Waals surface area contributed by atoms with Gasteiger partial charge >= 0.3 is 10.2 Å². The van der Waals surface area contributed by atoms with E-state index in [-0.39, 0.29) is 24.9 Å². The molecule has 1 fully saturated rings. The van der Waals surface area contributed by atoms with E-state index in [2.05, 4.69) is 0 Å². The van der Waals surface area contributed by atoms with Crippen LogP contribution in [0.2, 0.25) is 0 Å². The lowest BCUT2D eigenvalue weighted by Crippen LogP contribution is -2.35. The van der Waals surface area contributed by atoms with Gasteiger partial charge in [0.2, 0.25) is 5.91 Å². The molecule has 0 aromatic heterocycles. The monoisotopic (exact) mass is 299 g/mol. The average Bonchev–Trinajstić information content (AvgIpc) is 2.79. The van der Waals surface area contributed by atoms with E-state index < -0.39 is 15.5 Å². The van der Waals surface area contributed by atoms with Gasteiger partial charge in [0.05, 0.1) is 0 Å². The zero-order valence-electron chi connectivity index (χ0n) is 11.3. The summed E-state index contributed by atoms with van der Waals surface area (Å²) < 4.78 is 34.7. The standard InChI is InChI=1S/C14H18FNO3S/c1-11(7-8-12-5-3-2-4-6-12)16-10-13(9-14(16)17)20(15,18)19/h2-6,11,13H,7-10H2,1H3. The lowest BCUT2D eigenvalue weighted by atomic mass is 10.1. The summed E-state index contributed by atoms with van der Waals surface area (Å²) in [6, 6.07) is 9.77. The van der Waals surface area contributed by atoms with Gasteiger partial charge in [-0.1, -0.05) is 30.3 Å². The molecule has 1 aromatic carbocycles. The van der Waals surface area contributed by atoms with Crippen LogP contribution in [0.25, 0.3) is 0 Å². The number of benzene rings is 1. The SMILES string of the molecule is CC(CCc1ccccc1)N1CC(S(=O)(=O)F)CC1=O. The Morgan fingerprint density at radius 1 is 1.35 bits per heavy atom. The molecule has 0 radical (unpaired) electrons. The number of nitrogens with zero attached hydrogens (tertiary/aromatic N) is 1. The number of aryl methyl sites for hydroxylation is 1. The van der Waals surface area contributed by atoms with Crippen LogP contribution in [0.5, 0.6) is 0 Å². The lowest BCUT2D eigenvalue weighted by Gasteiger charge is -2.24. The zero-order chi connectivity index (χ0) is 14.8. The van der Waals surface area contributed by atoms with Gasteiger partial charge in [0.15, 0.2) is 0 Å². The van der Waals surface area contributed by atoms with E-state index in [4.69, 9.17) is 0 Å². The van der Waals surface area contributed by atoms with Crippen molar-refractivity contribution in [1.29, 1.82) is 0 Å². The Balaban J connectivity index is 1.93. The molecule has 1 aliphatic heterocycles. The maximum absolute atomic E-state index is 12.9. The fourth-order valence-corrected chi connectivity index (χ4v) is 3.17. The number of likely N-dealkylation sites (tertiary alicyclic amines) is 1. The van der Waals surface area contributed by atoms with Crippen molar-refractivity contribution in [2.75, 3.05) is 6.54 Å². The van der Waals surface area contributed by atoms with Crippen LogP contribution in [0, 0.1) is 0 Å². The van der Waals surface area contributed by atoms with E-state index in [0.29, 0.717) is 0 Å². The quantitative estimate of drug-likeness (QED) is 0.780. The fraction of sp³-hybridized carbons (Fsp3) is 0.500. The van der Waals surface area contributed by atoms with Gasteiger partial charge in [0, 0.05) is 19.0 Å². The van der Waals surface area contributed by atoms with Gasteiger partial charge in [-0.2, -0.15) is 8.42 Å². The van der Waals surface area contributed by atoms with E-state index >= 15 is 0 Å². The second-order valence-electron chi connectivity index (χ2n) is 5.22. The third-order valence-corrected chi connectivity index (χ3v) is 4.86. The minimum Gasteiger partial charge on any atom is -0.339 e. The molecule has 1 saturated heterocycles. The van der Waals surface area contributed by atoms with E-state index in [0.717, 1.165) is 12.8 Å². The minimum atomic E-state index is -4.63. The molecule has 2 unspecified atom stereocenters. The van der Waals surface area contributed by atoms with Gasteiger partial charge in [-0.3, -0.25) is 4.79 Å². The number of amides is 1. The fourth-order valence-electron chi connectivity index (χ4n) is 2.49. The van der Waals surface area contributed by atoms with Crippen LogP contribution in [0.15, 0.2) is 30.3 Å². The molecule has 1 amide bonds. The second kappa shape index (κ2) is 5.91. The van der Waals surface area contributed by atoms with Crippen LogP contribution in [0.1, 0.15) is 25.3 Å². The molecule has 0 N–H and O–H groups in total. The zero-order valence-corrected chi connectivity index (χ0v) is 12.1. The molecule has 2 rings (SSSR count). The van der Waals surface area contributed by atoms with Crippen LogP contribution in [-0.2, 0) is 21.4 Å². The summed E-state index contributed by atoms with van der Waals surface area (Å²) in [6.45, 7) is 1.84. The maximum atomic E-state index is 12.9. The predicted molar refractivity (Wildman–Crippen MR) is 74.4 cm³/mol. The molecule has 0 saturated carbocycles. The average molecular weight is 299 g/mol. The predicted octanol–water partition coefficient (Wildman–Crippen LogP) is 1.91. The highest BCUT2D eigenvalue weighted by atomic mass is 32.3. The summed E-state index contributed by atoms with van der Waals surface area (Å²) >= 11 is 0. The van der Waals surface area contributed by atoms with Crippen molar-refractivity contribution in [2.24, 2.45) is 0 Å². The highest BCUT2D eigenvalue weighted by Gasteiger charge is 2.39. The van der Waals surface area contributed by atoms with Crippen molar-refractivity contribution in [3.8, 4) is 0 Å². The summed E-state index contributed by atoms with van der Waals surface area (Å²) in [6.07, 6.45) is 1.29. The first-order valence-electron chi connectivity index (χ1n) is 6.65. The summed E-state index contributed by atoms with van der Waals surface area (Å²) in [4.78, 5) is 13.3. The van der Waals surface area contributed by atoms with Gasteiger partial charge in [0.1, 0.15) is 5.25 Å². The van der Waals surface area contributed by atoms with Crippen LogP contribution in [0.3, 0.4) is 0 Å². The molecule has 2 atom stereocenters. The number of hydrogen-bond acceptors (Lipinski definition) is 3. The highest BCUT2D eigenvalue weighted by Crippen LogP contribution is 2.23. The topological polar surface area (TPSA) is 54.5 Å². The van der Waals surface area contributed by atoms with E-state index in [9.17, 15) is 17.1 Å². The van der Waals surface area contributed by atoms with Gasteiger partial charge in [0.25, 0.3) is 0 Å². The molecule has 0 bridgehead atoms. The lowest BCUT2D eigenvalue weighted by molar-refractivity contribution is -0.129. The van der Waals surface area contributed by atoms with Gasteiger partial charge in [-0.15, -0.1) is 3.89 Å². The number of hydrogen-bond donors (Lipinski definition) is 0. The largest absolute Gasteiger partial charge is 0.339 e. The molecule has 110 valence electrons. The molecule has 0 aliphatic carbocycles. The summed E-state index contributed by atoms with van der Waals surface area (Å²) in [7, 11) is -4.63. The van der Waals surface area contributed by atoms with Crippen molar-refractivity contribution < 1.29 is 17.1 Å². The third kappa shape index (κ3) is 3.56. The van der Waals surface area contributed by atoms with Gasteiger partial charge in [-0.25, -0.2) is 0 Å². The third-order valence-electron chi connectivity index (χ3n) is 3.75. The summed E-state index contributed by atoms with van der Waals surface area (Å²) in [5.41, 5.74) is 1.17. The van der Waals surface area contributed by atoms with E-state index in [1.807, 2.05) is 37.3 Å². The molecule has 6 heteroatoms. The van der Waals surface area contributed by atoms with Crippen molar-refractivity contribution in [3.05, 3.63) is 35.9 Å². The van der Waals surface area contributed by atoms with Crippen LogP contribution < -0.4 is 0 Å². The normalized spacial score (nSPS) is 21.2. The summed E-state index contributed by atoms with van der Waals surface area (Å²) in [5.74, 6) is -0.281. The van der Waals surface area contributed by atoms with Crippen molar-refractivity contribution in [3.63, 3.8) is 0 Å². The van der Waals surface area contributed by atoms with Crippen LogP contribution >= 0.6 is 0 Å². The molecule has 1 aliphatic rings. The van der Waals surface area contributed by atoms with E-state index in [1.54, 1.807) is 0 Å². The van der Waals surface area contributed by atoms with Crippen LogP contribution in [-0.4, -0.2) is 37.1 Å². The van der Waals surface area contributed by atoms with Crippen LogP contribution in [0.4, 0.5) is 3.89 Å². The first kappa shape index (κ1) is 15.0. The smallest absolute Gasteiger partial charge is 0.307 e. The minimum absolute atomic E-state index is 0.0341. The molecule has 4 nitrogen and oxygen atoms in total. The first-order chi connectivity index (χ1) is 9.38. The number of rotatable bonds is 5. The Morgan fingerprint density at radius 3 is 2.55 bits per heavy atom. The molecule has 1 aromatic rings. The molecular formula is C14H18FNO3S. The molecule has 20 heavy (non-hydrogen) atoms. The van der Waals surface area contributed by atoms with Crippen molar-refractivity contribution in [1.82, 2.24) is 4.90 Å².